The lowest BCUT2D eigenvalue weighted by atomic mass is 9.85. The standard InChI is InChI=1S/C22H24FN3O2/c1-22-14-18(15-9-11-16(23)12-10-15)26(21(28)17-6-4-5-13-24-17)19(22)7-2-3-8-20(27)25-22/h4-6,9-13,18-19H,2-3,7-8,14H2,1H3,(H,25,27)/t18-,19-,22-/m0/s1. The lowest BCUT2D eigenvalue weighted by Crippen LogP contribution is -2.56. The SMILES string of the molecule is C[C@]12C[C@@H](c3ccc(F)cc3)N(C(=O)c3ccccn3)[C@H]1CCCCC(=O)N2. The summed E-state index contributed by atoms with van der Waals surface area (Å²) in [5, 5.41) is 3.18. The average Bonchev–Trinajstić information content (AvgIpc) is 2.96. The van der Waals surface area contributed by atoms with Gasteiger partial charge in [0.15, 0.2) is 0 Å². The van der Waals surface area contributed by atoms with E-state index in [0.717, 1.165) is 24.8 Å². The van der Waals surface area contributed by atoms with Crippen molar-refractivity contribution in [3.8, 4) is 0 Å². The summed E-state index contributed by atoms with van der Waals surface area (Å²) in [6.45, 7) is 2.02. The summed E-state index contributed by atoms with van der Waals surface area (Å²) < 4.78 is 13.5. The maximum Gasteiger partial charge on any atom is 0.273 e. The topological polar surface area (TPSA) is 62.3 Å². The van der Waals surface area contributed by atoms with Crippen molar-refractivity contribution in [3.63, 3.8) is 0 Å². The van der Waals surface area contributed by atoms with Gasteiger partial charge in [-0.15, -0.1) is 0 Å². The minimum Gasteiger partial charge on any atom is -0.349 e. The van der Waals surface area contributed by atoms with Crippen LogP contribution in [0.25, 0.3) is 0 Å². The molecule has 0 spiro atoms. The van der Waals surface area contributed by atoms with E-state index < -0.39 is 5.54 Å². The number of nitrogens with zero attached hydrogens (tertiary/aromatic N) is 2. The van der Waals surface area contributed by atoms with Crippen molar-refractivity contribution in [2.45, 2.75) is 56.7 Å². The van der Waals surface area contributed by atoms with Crippen LogP contribution in [0.1, 0.15) is 61.1 Å². The van der Waals surface area contributed by atoms with Crippen LogP contribution in [0, 0.1) is 5.82 Å². The van der Waals surface area contributed by atoms with E-state index in [2.05, 4.69) is 10.3 Å². The van der Waals surface area contributed by atoms with Gasteiger partial charge < -0.3 is 10.2 Å². The molecule has 6 heteroatoms. The van der Waals surface area contributed by atoms with Crippen molar-refractivity contribution in [1.82, 2.24) is 15.2 Å². The van der Waals surface area contributed by atoms with Gasteiger partial charge in [0.25, 0.3) is 5.91 Å². The van der Waals surface area contributed by atoms with Gasteiger partial charge in [-0.3, -0.25) is 14.6 Å². The number of carbonyl (C=O) groups is 2. The summed E-state index contributed by atoms with van der Waals surface area (Å²) in [5.41, 5.74) is 0.723. The Kier molecular flexibility index (Phi) is 4.87. The van der Waals surface area contributed by atoms with E-state index in [1.165, 1.54) is 12.1 Å². The molecule has 1 N–H and O–H groups in total. The molecule has 2 amide bonds. The van der Waals surface area contributed by atoms with Crippen molar-refractivity contribution in [3.05, 3.63) is 65.7 Å². The van der Waals surface area contributed by atoms with Gasteiger partial charge in [0.1, 0.15) is 11.5 Å². The molecule has 0 aliphatic carbocycles. The summed E-state index contributed by atoms with van der Waals surface area (Å²) >= 11 is 0. The van der Waals surface area contributed by atoms with Gasteiger partial charge in [0, 0.05) is 12.6 Å². The fourth-order valence-corrected chi connectivity index (χ4v) is 4.62. The van der Waals surface area contributed by atoms with Gasteiger partial charge in [-0.05, 0) is 56.0 Å². The van der Waals surface area contributed by atoms with E-state index in [9.17, 15) is 14.0 Å². The molecular formula is C22H24FN3O2. The predicted molar refractivity (Wildman–Crippen MR) is 103 cm³/mol. The van der Waals surface area contributed by atoms with Crippen LogP contribution < -0.4 is 5.32 Å². The highest BCUT2D eigenvalue weighted by molar-refractivity contribution is 5.93. The lowest BCUT2D eigenvalue weighted by Gasteiger charge is -2.38. The number of pyridine rings is 1. The van der Waals surface area contributed by atoms with Crippen molar-refractivity contribution >= 4 is 11.8 Å². The number of likely N-dealkylation sites (tertiary alicyclic amines) is 1. The van der Waals surface area contributed by atoms with Crippen LogP contribution in [-0.2, 0) is 4.79 Å². The second-order valence-electron chi connectivity index (χ2n) is 7.93. The highest BCUT2D eigenvalue weighted by Gasteiger charge is 2.52. The Morgan fingerprint density at radius 3 is 2.71 bits per heavy atom. The molecule has 0 unspecified atom stereocenters. The zero-order chi connectivity index (χ0) is 19.7. The van der Waals surface area contributed by atoms with Gasteiger partial charge in [0.05, 0.1) is 17.6 Å². The number of hydrogen-bond donors (Lipinski definition) is 1. The van der Waals surface area contributed by atoms with Crippen molar-refractivity contribution in [2.24, 2.45) is 0 Å². The molecule has 3 heterocycles. The highest BCUT2D eigenvalue weighted by atomic mass is 19.1. The van der Waals surface area contributed by atoms with E-state index in [1.807, 2.05) is 11.8 Å². The van der Waals surface area contributed by atoms with Crippen molar-refractivity contribution in [2.75, 3.05) is 0 Å². The molecule has 2 fully saturated rings. The molecule has 0 saturated carbocycles. The summed E-state index contributed by atoms with van der Waals surface area (Å²) in [4.78, 5) is 31.9. The van der Waals surface area contributed by atoms with Crippen LogP contribution in [0.3, 0.4) is 0 Å². The first-order valence-corrected chi connectivity index (χ1v) is 9.78. The third kappa shape index (κ3) is 3.39. The van der Waals surface area contributed by atoms with Crippen LogP contribution in [0.15, 0.2) is 48.7 Å². The summed E-state index contributed by atoms with van der Waals surface area (Å²) in [5.74, 6) is -0.439. The largest absolute Gasteiger partial charge is 0.349 e. The number of halogens is 1. The maximum absolute atomic E-state index is 13.5. The zero-order valence-corrected chi connectivity index (χ0v) is 15.9. The number of nitrogens with one attached hydrogen (secondary N) is 1. The second kappa shape index (κ2) is 7.34. The Labute approximate surface area is 164 Å². The molecule has 2 aliphatic heterocycles. The summed E-state index contributed by atoms with van der Waals surface area (Å²) in [6, 6.07) is 11.2. The quantitative estimate of drug-likeness (QED) is 0.864. The van der Waals surface area contributed by atoms with Gasteiger partial charge >= 0.3 is 0 Å². The molecular weight excluding hydrogens is 357 g/mol. The number of hydrogen-bond acceptors (Lipinski definition) is 3. The van der Waals surface area contributed by atoms with Crippen LogP contribution in [0.2, 0.25) is 0 Å². The minimum absolute atomic E-state index is 0.0252. The molecule has 2 saturated heterocycles. The van der Waals surface area contributed by atoms with E-state index >= 15 is 0 Å². The minimum atomic E-state index is -0.527. The van der Waals surface area contributed by atoms with E-state index in [-0.39, 0.29) is 29.7 Å². The molecule has 1 aromatic heterocycles. The van der Waals surface area contributed by atoms with Crippen LogP contribution in [0.5, 0.6) is 0 Å². The predicted octanol–water partition coefficient (Wildman–Crippen LogP) is 3.63. The molecule has 3 atom stereocenters. The first kappa shape index (κ1) is 18.6. The summed E-state index contributed by atoms with van der Waals surface area (Å²) in [7, 11) is 0. The molecule has 2 aromatic rings. The molecule has 0 radical (unpaired) electrons. The van der Waals surface area contributed by atoms with Gasteiger partial charge in [-0.2, -0.15) is 0 Å². The van der Waals surface area contributed by atoms with Gasteiger partial charge in [0.2, 0.25) is 5.91 Å². The zero-order valence-electron chi connectivity index (χ0n) is 15.9. The smallest absolute Gasteiger partial charge is 0.273 e. The first-order valence-electron chi connectivity index (χ1n) is 9.78. The average molecular weight is 381 g/mol. The Morgan fingerprint density at radius 1 is 1.21 bits per heavy atom. The van der Waals surface area contributed by atoms with Crippen molar-refractivity contribution < 1.29 is 14.0 Å². The lowest BCUT2D eigenvalue weighted by molar-refractivity contribution is -0.123. The normalized spacial score (nSPS) is 27.5. The van der Waals surface area contributed by atoms with Gasteiger partial charge in [-0.1, -0.05) is 24.6 Å². The van der Waals surface area contributed by atoms with E-state index in [0.29, 0.717) is 18.5 Å². The fraction of sp³-hybridized carbons (Fsp3) is 0.409. The molecule has 28 heavy (non-hydrogen) atoms. The number of rotatable bonds is 2. The Balaban J connectivity index is 1.77. The first-order chi connectivity index (χ1) is 13.5. The molecule has 4 rings (SSSR count). The Hall–Kier alpha value is -2.76. The number of benzene rings is 1. The fourth-order valence-electron chi connectivity index (χ4n) is 4.62. The number of aromatic nitrogens is 1. The van der Waals surface area contributed by atoms with E-state index in [1.54, 1.807) is 36.5 Å². The Bertz CT molecular complexity index is 871. The maximum atomic E-state index is 13.5. The van der Waals surface area contributed by atoms with Gasteiger partial charge in [-0.25, -0.2) is 4.39 Å². The highest BCUT2D eigenvalue weighted by Crippen LogP contribution is 2.45. The number of amides is 2. The Morgan fingerprint density at radius 2 is 2.00 bits per heavy atom. The molecule has 146 valence electrons. The molecule has 1 aromatic carbocycles. The number of carbonyl (C=O) groups excluding carboxylic acids is 2. The van der Waals surface area contributed by atoms with Crippen LogP contribution in [-0.4, -0.2) is 33.3 Å². The van der Waals surface area contributed by atoms with E-state index in [4.69, 9.17) is 0 Å². The molecule has 5 nitrogen and oxygen atoms in total. The van der Waals surface area contributed by atoms with Crippen LogP contribution >= 0.6 is 0 Å². The van der Waals surface area contributed by atoms with Crippen molar-refractivity contribution in [1.29, 1.82) is 0 Å². The third-order valence-electron chi connectivity index (χ3n) is 5.95. The molecule has 2 aliphatic rings. The third-order valence-corrected chi connectivity index (χ3v) is 5.95. The number of fused-ring (bicyclic) bond motifs is 1. The monoisotopic (exact) mass is 381 g/mol. The summed E-state index contributed by atoms with van der Waals surface area (Å²) in [6.07, 6.45) is 5.22. The molecule has 0 bridgehead atoms. The van der Waals surface area contributed by atoms with Crippen LogP contribution in [0.4, 0.5) is 4.39 Å². The second-order valence-corrected chi connectivity index (χ2v) is 7.93.